The van der Waals surface area contributed by atoms with Crippen LogP contribution in [-0.4, -0.2) is 17.3 Å². The molecule has 0 heterocycles. The topological polar surface area (TPSA) is 29.1 Å². The second-order valence-electron chi connectivity index (χ2n) is 5.81. The van der Waals surface area contributed by atoms with Gasteiger partial charge < -0.3 is 5.32 Å². The Hall–Kier alpha value is -0.830. The Morgan fingerprint density at radius 1 is 1.47 bits per heavy atom. The molecule has 3 heteroatoms. The van der Waals surface area contributed by atoms with Gasteiger partial charge in [-0.15, -0.1) is 0 Å². The molecule has 0 radical (unpaired) electrons. The average Bonchev–Trinajstić information content (AvgIpc) is 3.13. The molecule has 0 spiro atoms. The molecule has 1 fully saturated rings. The van der Waals surface area contributed by atoms with Gasteiger partial charge in [-0.2, -0.15) is 0 Å². The maximum absolute atomic E-state index is 12.2. The van der Waals surface area contributed by atoms with Crippen LogP contribution in [0.2, 0.25) is 0 Å². The van der Waals surface area contributed by atoms with Gasteiger partial charge in [0.15, 0.2) is 0 Å². The van der Waals surface area contributed by atoms with Gasteiger partial charge in [0.1, 0.15) is 0 Å². The van der Waals surface area contributed by atoms with Gasteiger partial charge in [-0.3, -0.25) is 4.79 Å². The number of carbonyl (C=O) groups excluding carboxylic acids is 1. The second-order valence-corrected chi connectivity index (χ2v) is 7.38. The number of halogens is 1. The average molecular weight is 322 g/mol. The largest absolute Gasteiger partial charge is 0.356 e. The fourth-order valence-corrected chi connectivity index (χ4v) is 3.66. The minimum atomic E-state index is 0.231. The molecule has 2 aliphatic carbocycles. The molecular formula is C16H20BrNO. The third-order valence-electron chi connectivity index (χ3n) is 4.47. The summed E-state index contributed by atoms with van der Waals surface area (Å²) in [4.78, 5) is 12.7. The first-order chi connectivity index (χ1) is 9.18. The highest BCUT2D eigenvalue weighted by atomic mass is 79.9. The van der Waals surface area contributed by atoms with E-state index in [0.29, 0.717) is 16.7 Å². The van der Waals surface area contributed by atoms with Gasteiger partial charge in [0.05, 0.1) is 0 Å². The van der Waals surface area contributed by atoms with Crippen molar-refractivity contribution in [3.8, 4) is 0 Å². The van der Waals surface area contributed by atoms with E-state index in [4.69, 9.17) is 0 Å². The van der Waals surface area contributed by atoms with Crippen LogP contribution in [0.25, 0.3) is 0 Å². The summed E-state index contributed by atoms with van der Waals surface area (Å²) in [6.07, 6.45) is 3.30. The molecule has 0 aromatic heterocycles. The molecular weight excluding hydrogens is 302 g/mol. The summed E-state index contributed by atoms with van der Waals surface area (Å²) in [5.41, 5.74) is 2.88. The van der Waals surface area contributed by atoms with Crippen LogP contribution < -0.4 is 5.32 Å². The molecule has 3 rings (SSSR count). The lowest BCUT2D eigenvalue weighted by molar-refractivity contribution is -0.122. The Kier molecular flexibility index (Phi) is 3.66. The van der Waals surface area contributed by atoms with Crippen molar-refractivity contribution in [3.05, 3.63) is 35.4 Å². The number of hydrogen-bond donors (Lipinski definition) is 1. The molecule has 0 aliphatic heterocycles. The van der Waals surface area contributed by atoms with Crippen LogP contribution in [0.3, 0.4) is 0 Å². The van der Waals surface area contributed by atoms with Crippen LogP contribution in [0.15, 0.2) is 24.3 Å². The van der Waals surface area contributed by atoms with E-state index in [2.05, 4.69) is 52.4 Å². The molecule has 0 bridgehead atoms. The summed E-state index contributed by atoms with van der Waals surface area (Å²) in [6, 6.07) is 8.63. The van der Waals surface area contributed by atoms with Crippen molar-refractivity contribution >= 4 is 21.8 Å². The number of carbonyl (C=O) groups is 1. The van der Waals surface area contributed by atoms with E-state index in [0.717, 1.165) is 19.4 Å². The quantitative estimate of drug-likeness (QED) is 0.847. The minimum Gasteiger partial charge on any atom is -0.356 e. The Bertz CT molecular complexity index is 485. The lowest BCUT2D eigenvalue weighted by Gasteiger charge is -2.13. The van der Waals surface area contributed by atoms with Crippen LogP contribution in [-0.2, 0) is 11.2 Å². The first-order valence-electron chi connectivity index (χ1n) is 7.18. The summed E-state index contributed by atoms with van der Waals surface area (Å²) >= 11 is 3.51. The first-order valence-corrected chi connectivity index (χ1v) is 8.09. The fourth-order valence-electron chi connectivity index (χ4n) is 3.44. The van der Waals surface area contributed by atoms with E-state index in [-0.39, 0.29) is 11.8 Å². The number of rotatable bonds is 4. The lowest BCUT2D eigenvalue weighted by Crippen LogP contribution is -2.28. The van der Waals surface area contributed by atoms with E-state index in [1.807, 2.05) is 0 Å². The highest BCUT2D eigenvalue weighted by Gasteiger charge is 2.56. The molecule has 2 aliphatic rings. The number of hydrogen-bond acceptors (Lipinski definition) is 1. The van der Waals surface area contributed by atoms with Crippen LogP contribution in [0.5, 0.6) is 0 Å². The number of amides is 1. The van der Waals surface area contributed by atoms with Gasteiger partial charge in [-0.1, -0.05) is 47.1 Å². The van der Waals surface area contributed by atoms with Crippen molar-refractivity contribution in [1.82, 2.24) is 5.32 Å². The minimum absolute atomic E-state index is 0.231. The molecule has 19 heavy (non-hydrogen) atoms. The summed E-state index contributed by atoms with van der Waals surface area (Å²) in [6.45, 7) is 2.89. The van der Waals surface area contributed by atoms with Gasteiger partial charge in [0, 0.05) is 17.3 Å². The molecule has 2 nitrogen and oxygen atoms in total. The van der Waals surface area contributed by atoms with E-state index < -0.39 is 0 Å². The highest BCUT2D eigenvalue weighted by Crippen LogP contribution is 2.59. The molecule has 4 atom stereocenters. The third kappa shape index (κ3) is 2.58. The molecule has 102 valence electrons. The van der Waals surface area contributed by atoms with E-state index in [1.54, 1.807) is 0 Å². The summed E-state index contributed by atoms with van der Waals surface area (Å²) in [7, 11) is 0. The number of benzene rings is 1. The van der Waals surface area contributed by atoms with Gasteiger partial charge in [0.25, 0.3) is 0 Å². The molecule has 1 N–H and O–H groups in total. The Balaban J connectivity index is 1.62. The zero-order chi connectivity index (χ0) is 13.4. The summed E-state index contributed by atoms with van der Waals surface area (Å²) in [5.74, 6) is 1.58. The van der Waals surface area contributed by atoms with Crippen molar-refractivity contribution in [3.63, 3.8) is 0 Å². The summed E-state index contributed by atoms with van der Waals surface area (Å²) < 4.78 is 0. The number of aryl methyl sites for hydroxylation is 1. The second kappa shape index (κ2) is 5.28. The number of fused-ring (bicyclic) bond motifs is 3. The molecule has 1 amide bonds. The predicted octanol–water partition coefficient (Wildman–Crippen LogP) is 3.25. The zero-order valence-corrected chi connectivity index (χ0v) is 12.8. The van der Waals surface area contributed by atoms with Crippen molar-refractivity contribution in [2.45, 2.75) is 36.9 Å². The number of nitrogens with one attached hydrogen (secondary N) is 1. The maximum Gasteiger partial charge on any atom is 0.224 e. The van der Waals surface area contributed by atoms with Crippen molar-refractivity contribution < 1.29 is 4.79 Å². The van der Waals surface area contributed by atoms with Crippen LogP contribution in [0.1, 0.15) is 36.8 Å². The van der Waals surface area contributed by atoms with Crippen molar-refractivity contribution in [2.24, 2.45) is 11.8 Å². The third-order valence-corrected chi connectivity index (χ3v) is 4.93. The van der Waals surface area contributed by atoms with Gasteiger partial charge >= 0.3 is 0 Å². The Labute approximate surface area is 123 Å². The van der Waals surface area contributed by atoms with Crippen LogP contribution in [0, 0.1) is 11.8 Å². The van der Waals surface area contributed by atoms with Crippen molar-refractivity contribution in [1.29, 1.82) is 0 Å². The van der Waals surface area contributed by atoms with Gasteiger partial charge in [0.2, 0.25) is 5.91 Å². The standard InChI is InChI=1S/C16H20BrNO/c1-10(17)8-9-18-16(19)15-13-7-6-11-4-2-3-5-12(11)14(13)15/h2-5,10,13-15H,6-9H2,1H3,(H,18,19). The lowest BCUT2D eigenvalue weighted by atomic mass is 9.92. The zero-order valence-electron chi connectivity index (χ0n) is 11.2. The van der Waals surface area contributed by atoms with Gasteiger partial charge in [-0.25, -0.2) is 0 Å². The van der Waals surface area contributed by atoms with Gasteiger partial charge in [-0.05, 0) is 42.2 Å². The van der Waals surface area contributed by atoms with Crippen molar-refractivity contribution in [2.75, 3.05) is 6.54 Å². The van der Waals surface area contributed by atoms with E-state index in [9.17, 15) is 4.79 Å². The monoisotopic (exact) mass is 321 g/mol. The molecule has 4 unspecified atom stereocenters. The Morgan fingerprint density at radius 2 is 2.26 bits per heavy atom. The molecule has 1 aromatic rings. The highest BCUT2D eigenvalue weighted by molar-refractivity contribution is 9.09. The SMILES string of the molecule is CC(Br)CCNC(=O)C1C2CCc3ccccc3C21. The smallest absolute Gasteiger partial charge is 0.224 e. The maximum atomic E-state index is 12.2. The normalized spacial score (nSPS) is 29.1. The van der Waals surface area contributed by atoms with E-state index >= 15 is 0 Å². The molecule has 0 saturated heterocycles. The summed E-state index contributed by atoms with van der Waals surface area (Å²) in [5, 5.41) is 3.09. The fraction of sp³-hybridized carbons (Fsp3) is 0.562. The first kappa shape index (κ1) is 13.2. The predicted molar refractivity (Wildman–Crippen MR) is 80.5 cm³/mol. The van der Waals surface area contributed by atoms with E-state index in [1.165, 1.54) is 17.5 Å². The van der Waals surface area contributed by atoms with Crippen LogP contribution >= 0.6 is 15.9 Å². The molecule has 1 saturated carbocycles. The van der Waals surface area contributed by atoms with Crippen LogP contribution in [0.4, 0.5) is 0 Å². The molecule has 1 aromatic carbocycles. The number of alkyl halides is 1. The Morgan fingerprint density at radius 3 is 3.05 bits per heavy atom.